The third-order valence-corrected chi connectivity index (χ3v) is 10.0. The first-order chi connectivity index (χ1) is 22.0. The summed E-state index contributed by atoms with van der Waals surface area (Å²) in [7, 11) is 0. The highest BCUT2D eigenvalue weighted by molar-refractivity contribution is 8.00. The van der Waals surface area contributed by atoms with Crippen molar-refractivity contribution >= 4 is 35.5 Å². The number of fused-ring (bicyclic) bond motifs is 1. The van der Waals surface area contributed by atoms with Crippen molar-refractivity contribution in [2.45, 2.75) is 108 Å². The van der Waals surface area contributed by atoms with Gasteiger partial charge in [-0.25, -0.2) is 4.79 Å². The minimum Gasteiger partial charge on any atom is -0.365 e. The number of hydrogen-bond acceptors (Lipinski definition) is 7. The summed E-state index contributed by atoms with van der Waals surface area (Å²) in [6.45, 7) is 8.67. The number of carbonyl (C=O) groups excluding carboxylic acids is 4. The van der Waals surface area contributed by atoms with E-state index in [2.05, 4.69) is 33.2 Å². The predicted molar refractivity (Wildman–Crippen MR) is 181 cm³/mol. The highest BCUT2D eigenvalue weighted by Gasteiger charge is 2.42. The molecule has 11 nitrogen and oxygen atoms in total. The van der Waals surface area contributed by atoms with E-state index < -0.39 is 24.2 Å². The lowest BCUT2D eigenvalue weighted by atomic mass is 9.89. The average Bonchev–Trinajstić information content (AvgIpc) is 3.57. The smallest absolute Gasteiger partial charge is 0.315 e. The summed E-state index contributed by atoms with van der Waals surface area (Å²) >= 11 is 1.89. The molecule has 5 amide bonds. The van der Waals surface area contributed by atoms with Crippen molar-refractivity contribution in [2.75, 3.05) is 18.8 Å². The second kappa shape index (κ2) is 19.5. The molecule has 0 bridgehead atoms. The Morgan fingerprint density at radius 1 is 0.957 bits per heavy atom. The third-order valence-electron chi connectivity index (χ3n) is 8.52. The second-order valence-corrected chi connectivity index (χ2v) is 14.1. The van der Waals surface area contributed by atoms with E-state index >= 15 is 0 Å². The number of amides is 5. The maximum atomic E-state index is 13.2. The Morgan fingerprint density at radius 3 is 2.33 bits per heavy atom. The van der Waals surface area contributed by atoms with Crippen LogP contribution in [0.1, 0.15) is 77.2 Å². The number of aliphatic hydroxyl groups is 2. The van der Waals surface area contributed by atoms with Crippen LogP contribution in [0.25, 0.3) is 0 Å². The van der Waals surface area contributed by atoms with Crippen LogP contribution < -0.4 is 26.6 Å². The van der Waals surface area contributed by atoms with Crippen LogP contribution >= 0.6 is 11.8 Å². The SMILES string of the molecule is C=C(C(O)O)[C@@H](CC(C)C)C(=O)N[C@@H](Cc1ccccc1)C(=O)NCCCCCCNC(=O)CCCCC1SCC2NC(=O)NC21. The van der Waals surface area contributed by atoms with Crippen molar-refractivity contribution < 1.29 is 29.4 Å². The Morgan fingerprint density at radius 2 is 1.65 bits per heavy atom. The minimum atomic E-state index is -1.82. The summed E-state index contributed by atoms with van der Waals surface area (Å²) in [5.74, 6) is -0.448. The molecule has 7 N–H and O–H groups in total. The number of unbranched alkanes of at least 4 members (excludes halogenated alkanes) is 4. The van der Waals surface area contributed by atoms with E-state index in [4.69, 9.17) is 0 Å². The number of benzene rings is 1. The van der Waals surface area contributed by atoms with E-state index in [1.807, 2.05) is 55.9 Å². The highest BCUT2D eigenvalue weighted by Crippen LogP contribution is 2.33. The van der Waals surface area contributed by atoms with Crippen LogP contribution in [0.3, 0.4) is 0 Å². The molecule has 2 aliphatic heterocycles. The maximum Gasteiger partial charge on any atom is 0.315 e. The summed E-state index contributed by atoms with van der Waals surface area (Å²) in [6.07, 6.45) is 5.61. The van der Waals surface area contributed by atoms with Crippen LogP contribution in [0, 0.1) is 11.8 Å². The van der Waals surface area contributed by atoms with Gasteiger partial charge in [-0.05, 0) is 49.2 Å². The number of rotatable bonds is 21. The fraction of sp³-hybridized carbons (Fsp3) is 0.647. The summed E-state index contributed by atoms with van der Waals surface area (Å²) in [6, 6.07) is 8.97. The zero-order chi connectivity index (χ0) is 33.5. The van der Waals surface area contributed by atoms with E-state index in [-0.39, 0.29) is 41.4 Å². The van der Waals surface area contributed by atoms with Crippen molar-refractivity contribution in [1.29, 1.82) is 0 Å². The number of hydrogen-bond donors (Lipinski definition) is 7. The van der Waals surface area contributed by atoms with Gasteiger partial charge in [-0.2, -0.15) is 11.8 Å². The zero-order valence-electron chi connectivity index (χ0n) is 27.3. The standard InChI is InChI=1S/C34H53N5O6S/c1-22(2)19-25(23(3)33(43)44)31(41)37-26(20-24-13-7-6-8-14-24)32(42)36-18-12-5-4-11-17-35-29(40)16-10-9-15-28-30-27(21-46-28)38-34(45)39-30/h6-8,13-14,22,25-28,30,33,43-44H,3-5,9-12,15-21H2,1-2H3,(H,35,40)(H,36,42)(H,37,41)(H2,38,39,45)/t25-,26+,27?,28?,30?/m1/s1. The first-order valence-electron chi connectivity index (χ1n) is 16.7. The highest BCUT2D eigenvalue weighted by atomic mass is 32.2. The zero-order valence-corrected chi connectivity index (χ0v) is 28.1. The Kier molecular flexibility index (Phi) is 15.9. The molecule has 1 aromatic rings. The van der Waals surface area contributed by atoms with Crippen molar-refractivity contribution in [2.24, 2.45) is 11.8 Å². The molecule has 12 heteroatoms. The van der Waals surface area contributed by atoms with Gasteiger partial charge < -0.3 is 36.8 Å². The minimum absolute atomic E-state index is 0.0111. The topological polar surface area (TPSA) is 169 Å². The molecule has 256 valence electrons. The summed E-state index contributed by atoms with van der Waals surface area (Å²) in [5, 5.41) is 34.5. The Bertz CT molecular complexity index is 1150. The van der Waals surface area contributed by atoms with E-state index in [0.29, 0.717) is 37.6 Å². The molecule has 0 spiro atoms. The molecule has 46 heavy (non-hydrogen) atoms. The van der Waals surface area contributed by atoms with Crippen LogP contribution in [-0.4, -0.2) is 82.5 Å². The van der Waals surface area contributed by atoms with Gasteiger partial charge in [0.25, 0.3) is 0 Å². The lowest BCUT2D eigenvalue weighted by molar-refractivity contribution is -0.131. The largest absolute Gasteiger partial charge is 0.365 e. The molecule has 2 fully saturated rings. The Hall–Kier alpha value is -3.09. The van der Waals surface area contributed by atoms with Crippen LogP contribution in [0.15, 0.2) is 42.5 Å². The quantitative estimate of drug-likeness (QED) is 0.0461. The van der Waals surface area contributed by atoms with Crippen LogP contribution in [0.4, 0.5) is 4.79 Å². The van der Waals surface area contributed by atoms with Crippen LogP contribution in [0.5, 0.6) is 0 Å². The third kappa shape index (κ3) is 12.6. The van der Waals surface area contributed by atoms with Crippen molar-refractivity contribution in [1.82, 2.24) is 26.6 Å². The monoisotopic (exact) mass is 659 g/mol. The van der Waals surface area contributed by atoms with Gasteiger partial charge in [0.2, 0.25) is 17.7 Å². The fourth-order valence-electron chi connectivity index (χ4n) is 5.94. The summed E-state index contributed by atoms with van der Waals surface area (Å²) in [5.41, 5.74) is 0.908. The average molecular weight is 660 g/mol. The molecule has 2 heterocycles. The van der Waals surface area contributed by atoms with Gasteiger partial charge in [0.15, 0.2) is 6.29 Å². The molecule has 5 atom stereocenters. The van der Waals surface area contributed by atoms with Crippen molar-refractivity contribution in [3.8, 4) is 0 Å². The lowest BCUT2D eigenvalue weighted by Crippen LogP contribution is -2.50. The number of aliphatic hydroxyl groups excluding tert-OH is 1. The molecule has 3 rings (SSSR count). The molecule has 1 aromatic carbocycles. The number of thioether (sulfide) groups is 1. The van der Waals surface area contributed by atoms with Gasteiger partial charge in [0.05, 0.1) is 18.0 Å². The number of nitrogens with one attached hydrogen (secondary N) is 5. The van der Waals surface area contributed by atoms with Crippen LogP contribution in [-0.2, 0) is 20.8 Å². The van der Waals surface area contributed by atoms with Gasteiger partial charge in [-0.1, -0.05) is 70.0 Å². The molecular formula is C34H53N5O6S. The second-order valence-electron chi connectivity index (χ2n) is 12.8. The van der Waals surface area contributed by atoms with Crippen molar-refractivity contribution in [3.63, 3.8) is 0 Å². The number of urea groups is 1. The Balaban J connectivity index is 1.31. The first-order valence-corrected chi connectivity index (χ1v) is 17.7. The molecule has 0 aliphatic carbocycles. The molecule has 0 aromatic heterocycles. The number of carbonyl (C=O) groups is 4. The molecule has 2 saturated heterocycles. The molecule has 0 radical (unpaired) electrons. The van der Waals surface area contributed by atoms with Gasteiger partial charge in [0, 0.05) is 36.9 Å². The Labute approximate surface area is 277 Å². The summed E-state index contributed by atoms with van der Waals surface area (Å²) in [4.78, 5) is 50.1. The molecular weight excluding hydrogens is 606 g/mol. The van der Waals surface area contributed by atoms with E-state index in [1.165, 1.54) is 0 Å². The van der Waals surface area contributed by atoms with Gasteiger partial charge >= 0.3 is 6.03 Å². The molecule has 2 aliphatic rings. The van der Waals surface area contributed by atoms with E-state index in [0.717, 1.165) is 56.3 Å². The lowest BCUT2D eigenvalue weighted by Gasteiger charge is -2.25. The van der Waals surface area contributed by atoms with Gasteiger partial charge in [-0.15, -0.1) is 0 Å². The molecule has 0 saturated carbocycles. The fourth-order valence-corrected chi connectivity index (χ4v) is 7.48. The van der Waals surface area contributed by atoms with Crippen molar-refractivity contribution in [3.05, 3.63) is 48.0 Å². The van der Waals surface area contributed by atoms with E-state index in [1.54, 1.807) is 0 Å². The predicted octanol–water partition coefficient (Wildman–Crippen LogP) is 2.76. The molecule has 3 unspecified atom stereocenters. The normalized spacial score (nSPS) is 20.0. The maximum absolute atomic E-state index is 13.2. The van der Waals surface area contributed by atoms with E-state index in [9.17, 15) is 29.4 Å². The van der Waals surface area contributed by atoms with Gasteiger partial charge in [0.1, 0.15) is 6.04 Å². The first kappa shape index (κ1) is 37.4. The summed E-state index contributed by atoms with van der Waals surface area (Å²) < 4.78 is 0. The van der Waals surface area contributed by atoms with Gasteiger partial charge in [-0.3, -0.25) is 14.4 Å². The van der Waals surface area contributed by atoms with Crippen LogP contribution in [0.2, 0.25) is 0 Å².